The normalized spacial score (nSPS) is 11.6. The smallest absolute Gasteiger partial charge is 0.263 e. The van der Waals surface area contributed by atoms with Crippen molar-refractivity contribution >= 4 is 27.7 Å². The number of hydrogen-bond acceptors (Lipinski definition) is 3. The van der Waals surface area contributed by atoms with Crippen molar-refractivity contribution in [3.05, 3.63) is 28.7 Å². The van der Waals surface area contributed by atoms with Gasteiger partial charge in [0.05, 0.1) is 6.54 Å². The Labute approximate surface area is 133 Å². The zero-order valence-corrected chi connectivity index (χ0v) is 14.1. The highest BCUT2D eigenvalue weighted by atomic mass is 79.9. The van der Waals surface area contributed by atoms with E-state index >= 15 is 0 Å². The van der Waals surface area contributed by atoms with E-state index in [9.17, 15) is 9.59 Å². The van der Waals surface area contributed by atoms with Crippen LogP contribution in [-0.2, 0) is 9.59 Å². The third-order valence-electron chi connectivity index (χ3n) is 2.88. The van der Waals surface area contributed by atoms with Crippen LogP contribution in [0.25, 0.3) is 0 Å². The second-order valence-electron chi connectivity index (χ2n) is 4.52. The van der Waals surface area contributed by atoms with Gasteiger partial charge in [0.15, 0.2) is 6.10 Å². The van der Waals surface area contributed by atoms with E-state index in [4.69, 9.17) is 4.74 Å². The summed E-state index contributed by atoms with van der Waals surface area (Å²) >= 11 is 3.34. The molecule has 21 heavy (non-hydrogen) atoms. The van der Waals surface area contributed by atoms with E-state index in [2.05, 4.69) is 21.2 Å². The molecule has 6 heteroatoms. The Balaban J connectivity index is 2.62. The first kappa shape index (κ1) is 17.5. The Morgan fingerprint density at radius 2 is 1.90 bits per heavy atom. The van der Waals surface area contributed by atoms with Gasteiger partial charge >= 0.3 is 0 Å². The molecule has 116 valence electrons. The maximum absolute atomic E-state index is 12.3. The Bertz CT molecular complexity index is 476. The molecule has 0 aromatic heterocycles. The number of ether oxygens (including phenoxy) is 1. The van der Waals surface area contributed by atoms with E-state index in [1.54, 1.807) is 19.1 Å². The summed E-state index contributed by atoms with van der Waals surface area (Å²) in [7, 11) is 0. The molecule has 0 bridgehead atoms. The Hall–Kier alpha value is -1.56. The lowest BCUT2D eigenvalue weighted by molar-refractivity contribution is -0.141. The lowest BCUT2D eigenvalue weighted by Gasteiger charge is -2.24. The molecule has 1 aromatic rings. The molecule has 0 aliphatic rings. The summed E-state index contributed by atoms with van der Waals surface area (Å²) < 4.78 is 6.56. The molecular weight excluding hydrogens is 336 g/mol. The van der Waals surface area contributed by atoms with Gasteiger partial charge in [-0.15, -0.1) is 0 Å². The summed E-state index contributed by atoms with van der Waals surface area (Å²) in [5.41, 5.74) is 0. The fraction of sp³-hybridized carbons (Fsp3) is 0.467. The van der Waals surface area contributed by atoms with Crippen LogP contribution in [0.4, 0.5) is 0 Å². The minimum absolute atomic E-state index is 0.0528. The van der Waals surface area contributed by atoms with Gasteiger partial charge in [0.2, 0.25) is 5.91 Å². The molecule has 0 heterocycles. The average Bonchev–Trinajstić information content (AvgIpc) is 2.46. The average molecular weight is 357 g/mol. The van der Waals surface area contributed by atoms with Crippen LogP contribution in [0.3, 0.4) is 0 Å². The molecule has 1 unspecified atom stereocenters. The van der Waals surface area contributed by atoms with Crippen LogP contribution in [0, 0.1) is 0 Å². The molecule has 1 aromatic carbocycles. The number of hydrogen-bond donors (Lipinski definition) is 1. The van der Waals surface area contributed by atoms with Gasteiger partial charge in [-0.3, -0.25) is 9.59 Å². The molecule has 1 atom stereocenters. The van der Waals surface area contributed by atoms with Gasteiger partial charge in [0, 0.05) is 17.6 Å². The standard InChI is InChI=1S/C15H21BrN2O3/c1-4-17-14(19)10-18(5-2)15(20)11(3)21-13-8-6-12(16)7-9-13/h6-9,11H,4-5,10H2,1-3H3,(H,17,19). The number of nitrogens with one attached hydrogen (secondary N) is 1. The van der Waals surface area contributed by atoms with E-state index in [1.807, 2.05) is 26.0 Å². The Morgan fingerprint density at radius 1 is 1.29 bits per heavy atom. The van der Waals surface area contributed by atoms with Crippen molar-refractivity contribution in [3.63, 3.8) is 0 Å². The van der Waals surface area contributed by atoms with E-state index in [1.165, 1.54) is 4.90 Å². The number of carbonyl (C=O) groups is 2. The van der Waals surface area contributed by atoms with Crippen molar-refractivity contribution in [1.82, 2.24) is 10.2 Å². The van der Waals surface area contributed by atoms with Crippen LogP contribution >= 0.6 is 15.9 Å². The van der Waals surface area contributed by atoms with Crippen molar-refractivity contribution in [2.24, 2.45) is 0 Å². The minimum Gasteiger partial charge on any atom is -0.481 e. The van der Waals surface area contributed by atoms with Crippen molar-refractivity contribution in [2.75, 3.05) is 19.6 Å². The first-order valence-electron chi connectivity index (χ1n) is 6.95. The highest BCUT2D eigenvalue weighted by molar-refractivity contribution is 9.10. The maximum atomic E-state index is 12.3. The van der Waals surface area contributed by atoms with Crippen LogP contribution in [0.5, 0.6) is 5.75 Å². The predicted octanol–water partition coefficient (Wildman–Crippen LogP) is 2.20. The number of amides is 2. The topological polar surface area (TPSA) is 58.6 Å². The molecule has 0 radical (unpaired) electrons. The number of nitrogens with zero attached hydrogens (tertiary/aromatic N) is 1. The van der Waals surface area contributed by atoms with Crippen LogP contribution in [0.2, 0.25) is 0 Å². The van der Waals surface area contributed by atoms with Crippen molar-refractivity contribution in [1.29, 1.82) is 0 Å². The summed E-state index contributed by atoms with van der Waals surface area (Å²) in [4.78, 5) is 25.4. The molecule has 1 rings (SSSR count). The molecule has 0 spiro atoms. The fourth-order valence-corrected chi connectivity index (χ4v) is 2.06. The molecule has 0 aliphatic heterocycles. The summed E-state index contributed by atoms with van der Waals surface area (Å²) in [6.07, 6.45) is -0.638. The molecule has 0 saturated heterocycles. The fourth-order valence-electron chi connectivity index (χ4n) is 1.80. The van der Waals surface area contributed by atoms with E-state index in [0.29, 0.717) is 18.8 Å². The first-order valence-corrected chi connectivity index (χ1v) is 7.74. The number of benzene rings is 1. The first-order chi connectivity index (χ1) is 9.97. The largest absolute Gasteiger partial charge is 0.481 e. The number of rotatable bonds is 7. The second kappa shape index (κ2) is 8.67. The number of carbonyl (C=O) groups excluding carboxylic acids is 2. The van der Waals surface area contributed by atoms with Gasteiger partial charge in [0.1, 0.15) is 5.75 Å². The van der Waals surface area contributed by atoms with Crippen LogP contribution < -0.4 is 10.1 Å². The molecular formula is C15H21BrN2O3. The lowest BCUT2D eigenvalue weighted by atomic mass is 10.3. The molecule has 0 aliphatic carbocycles. The van der Waals surface area contributed by atoms with Gasteiger partial charge in [-0.05, 0) is 45.0 Å². The molecule has 0 saturated carbocycles. The third kappa shape index (κ3) is 5.75. The number of likely N-dealkylation sites (N-methyl/N-ethyl adjacent to an activating group) is 2. The summed E-state index contributed by atoms with van der Waals surface area (Å²) in [5.74, 6) is 0.253. The highest BCUT2D eigenvalue weighted by Gasteiger charge is 2.22. The number of halogens is 1. The van der Waals surface area contributed by atoms with Gasteiger partial charge in [-0.1, -0.05) is 15.9 Å². The minimum atomic E-state index is -0.638. The van der Waals surface area contributed by atoms with E-state index in [-0.39, 0.29) is 18.4 Å². The molecule has 0 fully saturated rings. The molecule has 2 amide bonds. The highest BCUT2D eigenvalue weighted by Crippen LogP contribution is 2.17. The Kier molecular flexibility index (Phi) is 7.22. The van der Waals surface area contributed by atoms with Gasteiger partial charge in [-0.25, -0.2) is 0 Å². The monoisotopic (exact) mass is 356 g/mol. The van der Waals surface area contributed by atoms with E-state index in [0.717, 1.165) is 4.47 Å². The maximum Gasteiger partial charge on any atom is 0.263 e. The van der Waals surface area contributed by atoms with Gasteiger partial charge < -0.3 is 15.0 Å². The van der Waals surface area contributed by atoms with Crippen LogP contribution in [0.1, 0.15) is 20.8 Å². The summed E-state index contributed by atoms with van der Waals surface area (Å²) in [6.45, 7) is 6.43. The van der Waals surface area contributed by atoms with Crippen molar-refractivity contribution in [2.45, 2.75) is 26.9 Å². The molecule has 1 N–H and O–H groups in total. The van der Waals surface area contributed by atoms with Crippen LogP contribution in [0.15, 0.2) is 28.7 Å². The van der Waals surface area contributed by atoms with E-state index < -0.39 is 6.10 Å². The third-order valence-corrected chi connectivity index (χ3v) is 3.40. The summed E-state index contributed by atoms with van der Waals surface area (Å²) in [5, 5.41) is 2.68. The SMILES string of the molecule is CCNC(=O)CN(CC)C(=O)C(C)Oc1ccc(Br)cc1. The lowest BCUT2D eigenvalue weighted by Crippen LogP contribution is -2.45. The zero-order chi connectivity index (χ0) is 15.8. The second-order valence-corrected chi connectivity index (χ2v) is 5.44. The summed E-state index contributed by atoms with van der Waals surface area (Å²) in [6, 6.07) is 7.26. The Morgan fingerprint density at radius 3 is 2.43 bits per heavy atom. The van der Waals surface area contributed by atoms with Gasteiger partial charge in [0.25, 0.3) is 5.91 Å². The van der Waals surface area contributed by atoms with Crippen molar-refractivity contribution in [3.8, 4) is 5.75 Å². The quantitative estimate of drug-likeness (QED) is 0.814. The van der Waals surface area contributed by atoms with Gasteiger partial charge in [-0.2, -0.15) is 0 Å². The zero-order valence-electron chi connectivity index (χ0n) is 12.6. The molecule has 5 nitrogen and oxygen atoms in total. The van der Waals surface area contributed by atoms with Crippen LogP contribution in [-0.4, -0.2) is 42.5 Å². The van der Waals surface area contributed by atoms with Crippen molar-refractivity contribution < 1.29 is 14.3 Å². The predicted molar refractivity (Wildman–Crippen MR) is 85.2 cm³/mol.